The summed E-state index contributed by atoms with van der Waals surface area (Å²) in [6, 6.07) is 75.8. The third-order valence-corrected chi connectivity index (χ3v) is 14.3. The molecule has 9 aromatic carbocycles. The van der Waals surface area contributed by atoms with Crippen LogP contribution in [0.25, 0.3) is 55.6 Å². The second kappa shape index (κ2) is 16.6. The van der Waals surface area contributed by atoms with Crippen LogP contribution in [0.15, 0.2) is 206 Å². The van der Waals surface area contributed by atoms with E-state index in [1.165, 1.54) is 89.2 Å². The molecule has 0 bridgehead atoms. The summed E-state index contributed by atoms with van der Waals surface area (Å²) in [6.07, 6.45) is 2.31. The highest BCUT2D eigenvalue weighted by Crippen LogP contribution is 2.50. The molecule has 2 nitrogen and oxygen atoms in total. The molecule has 0 saturated carbocycles. The van der Waals surface area contributed by atoms with Crippen LogP contribution in [0.5, 0.6) is 0 Å². The van der Waals surface area contributed by atoms with E-state index in [0.29, 0.717) is 0 Å². The number of benzene rings is 9. The summed E-state index contributed by atoms with van der Waals surface area (Å²) in [7, 11) is 2.49. The summed E-state index contributed by atoms with van der Waals surface area (Å²) in [6.45, 7) is 12.0. The molecular weight excluding hydrogens is 796 g/mol. The van der Waals surface area contributed by atoms with Gasteiger partial charge in [0.25, 0.3) is 0 Å². The van der Waals surface area contributed by atoms with Gasteiger partial charge in [-0.3, -0.25) is 0 Å². The lowest BCUT2D eigenvalue weighted by molar-refractivity contribution is 0.332. The van der Waals surface area contributed by atoms with Crippen molar-refractivity contribution in [3.63, 3.8) is 0 Å². The van der Waals surface area contributed by atoms with E-state index in [1.807, 2.05) is 0 Å². The number of aryl methyl sites for hydroxylation is 1. The number of rotatable bonds is 8. The molecule has 1 aliphatic heterocycles. The molecule has 0 amide bonds. The number of hydrogen-bond donors (Lipinski definition) is 1. The molecule has 0 aromatic heterocycles. The molecule has 0 unspecified atom stereocenters. The maximum absolute atomic E-state index is 3.96. The third kappa shape index (κ3) is 7.63. The minimum Gasteiger partial charge on any atom is -0.355 e. The number of fused-ring (bicyclic) bond motifs is 3. The second-order valence-electron chi connectivity index (χ2n) is 19.6. The lowest BCUT2D eigenvalue weighted by atomic mass is 9.55. The fourth-order valence-electron chi connectivity index (χ4n) is 10.4. The largest absolute Gasteiger partial charge is 0.355 e. The van der Waals surface area contributed by atoms with Crippen LogP contribution in [0.3, 0.4) is 0 Å². The van der Waals surface area contributed by atoms with Crippen LogP contribution in [-0.2, 0) is 10.8 Å². The highest BCUT2D eigenvalue weighted by atomic mass is 15.2. The fourth-order valence-corrected chi connectivity index (χ4v) is 10.4. The normalized spacial score (nSPS) is 14.3. The Hall–Kier alpha value is -7.36. The fraction of sp³-hybridized carbons (Fsp3) is 0.143. The zero-order chi connectivity index (χ0) is 45.0. The Labute approximate surface area is 391 Å². The van der Waals surface area contributed by atoms with Gasteiger partial charge in [0.15, 0.2) is 7.28 Å². The number of nitrogens with one attached hydrogen (secondary N) is 1. The van der Waals surface area contributed by atoms with E-state index in [0.717, 1.165) is 35.3 Å². The van der Waals surface area contributed by atoms with Crippen molar-refractivity contribution in [1.29, 1.82) is 0 Å². The van der Waals surface area contributed by atoms with Gasteiger partial charge in [-0.1, -0.05) is 197 Å². The molecule has 11 rings (SSSR count). The standard InChI is InChI=1S/C63H54BN2/c1-42-26-27-49(45-22-14-8-15-23-45)38-58(42)66-59-41-55-54(62(2,3)34-35-63(55,4)5)40-56(59)64-61-53(36-50(39-60(61)66)46-24-16-9-17-25-46)52-33-30-48(44-20-12-7-13-21-44)37-57(52)65-51-31-28-47(29-32-51)43-18-10-6-11-19-43/h6-33,36-41,65H,34-35H2,1-5H3. The smallest absolute Gasteiger partial charge is 0.197 e. The van der Waals surface area contributed by atoms with Gasteiger partial charge in [0, 0.05) is 34.0 Å². The average molecular weight is 850 g/mol. The Bertz CT molecular complexity index is 3230. The van der Waals surface area contributed by atoms with Crippen molar-refractivity contribution in [3.8, 4) is 55.6 Å². The van der Waals surface area contributed by atoms with Gasteiger partial charge in [0.2, 0.25) is 0 Å². The van der Waals surface area contributed by atoms with E-state index in [2.05, 4.69) is 258 Å². The molecular formula is C63H54BN2. The molecule has 0 spiro atoms. The minimum absolute atomic E-state index is 0.0458. The van der Waals surface area contributed by atoms with Crippen molar-refractivity contribution >= 4 is 46.6 Å². The molecule has 1 radical (unpaired) electrons. The van der Waals surface area contributed by atoms with Gasteiger partial charge in [0.1, 0.15) is 0 Å². The zero-order valence-corrected chi connectivity index (χ0v) is 38.6. The van der Waals surface area contributed by atoms with Crippen molar-refractivity contribution in [2.24, 2.45) is 0 Å². The number of anilines is 5. The predicted molar refractivity (Wildman–Crippen MR) is 283 cm³/mol. The highest BCUT2D eigenvalue weighted by molar-refractivity contribution is 6.73. The Morgan fingerprint density at radius 3 is 1.47 bits per heavy atom. The van der Waals surface area contributed by atoms with E-state index in [1.54, 1.807) is 0 Å². The van der Waals surface area contributed by atoms with Crippen molar-refractivity contribution < 1.29 is 0 Å². The van der Waals surface area contributed by atoms with Crippen LogP contribution < -0.4 is 21.1 Å². The summed E-state index contributed by atoms with van der Waals surface area (Å²) in [5, 5.41) is 3.96. The van der Waals surface area contributed by atoms with E-state index in [4.69, 9.17) is 0 Å². The molecule has 1 aliphatic carbocycles. The van der Waals surface area contributed by atoms with E-state index >= 15 is 0 Å². The first-order chi connectivity index (χ1) is 32.1. The predicted octanol–water partition coefficient (Wildman–Crippen LogP) is 15.9. The van der Waals surface area contributed by atoms with Gasteiger partial charge in [-0.15, -0.1) is 0 Å². The molecule has 3 heteroatoms. The van der Waals surface area contributed by atoms with Crippen molar-refractivity contribution in [1.82, 2.24) is 0 Å². The molecule has 0 atom stereocenters. The summed E-state index contributed by atoms with van der Waals surface area (Å²) in [4.78, 5) is 2.59. The maximum Gasteiger partial charge on any atom is 0.197 e. The van der Waals surface area contributed by atoms with Crippen LogP contribution in [0, 0.1) is 6.92 Å². The van der Waals surface area contributed by atoms with Crippen molar-refractivity contribution in [2.75, 3.05) is 10.2 Å². The quantitative estimate of drug-likeness (QED) is 0.153. The molecule has 2 aliphatic rings. The molecule has 319 valence electrons. The van der Waals surface area contributed by atoms with Crippen LogP contribution in [-0.4, -0.2) is 7.28 Å². The van der Waals surface area contributed by atoms with E-state index in [-0.39, 0.29) is 10.8 Å². The summed E-state index contributed by atoms with van der Waals surface area (Å²) < 4.78 is 0. The third-order valence-electron chi connectivity index (χ3n) is 14.3. The number of hydrogen-bond acceptors (Lipinski definition) is 2. The van der Waals surface area contributed by atoms with Gasteiger partial charge in [-0.25, -0.2) is 0 Å². The Balaban J connectivity index is 1.17. The van der Waals surface area contributed by atoms with Gasteiger partial charge in [-0.2, -0.15) is 0 Å². The van der Waals surface area contributed by atoms with Gasteiger partial charge in [0.05, 0.1) is 0 Å². The van der Waals surface area contributed by atoms with Crippen molar-refractivity contribution in [2.45, 2.75) is 58.3 Å². The first-order valence-corrected chi connectivity index (χ1v) is 23.5. The monoisotopic (exact) mass is 849 g/mol. The molecule has 0 saturated heterocycles. The zero-order valence-electron chi connectivity index (χ0n) is 38.6. The summed E-state index contributed by atoms with van der Waals surface area (Å²) >= 11 is 0. The van der Waals surface area contributed by atoms with Crippen molar-refractivity contribution in [3.05, 3.63) is 223 Å². The average Bonchev–Trinajstić information content (AvgIpc) is 3.36. The van der Waals surface area contributed by atoms with E-state index < -0.39 is 0 Å². The Kier molecular flexibility index (Phi) is 10.4. The number of nitrogens with zero attached hydrogens (tertiary/aromatic N) is 1. The summed E-state index contributed by atoms with van der Waals surface area (Å²) in [5.41, 5.74) is 24.2. The van der Waals surface area contributed by atoms with Gasteiger partial charge < -0.3 is 10.2 Å². The molecule has 9 aromatic rings. The Morgan fingerprint density at radius 2 is 0.879 bits per heavy atom. The summed E-state index contributed by atoms with van der Waals surface area (Å²) in [5.74, 6) is 0. The molecule has 1 heterocycles. The van der Waals surface area contributed by atoms with Crippen LogP contribution >= 0.6 is 0 Å². The lowest BCUT2D eigenvalue weighted by Gasteiger charge is -2.44. The topological polar surface area (TPSA) is 15.3 Å². The minimum atomic E-state index is 0.0458. The highest BCUT2D eigenvalue weighted by Gasteiger charge is 2.40. The van der Waals surface area contributed by atoms with Crippen LogP contribution in [0.2, 0.25) is 0 Å². The SMILES string of the molecule is Cc1ccc(-c2ccccc2)cc1N1c2cc3c(cc2[B]c2c(-c4ccc(-c5ccccc5)cc4Nc4ccc(-c5ccccc5)cc4)cc(-c4ccccc4)cc21)C(C)(C)CCC3(C)C. The maximum atomic E-state index is 3.96. The molecule has 0 fully saturated rings. The first kappa shape index (κ1) is 41.4. The Morgan fingerprint density at radius 1 is 0.409 bits per heavy atom. The van der Waals surface area contributed by atoms with E-state index in [9.17, 15) is 0 Å². The van der Waals surface area contributed by atoms with Crippen LogP contribution in [0.4, 0.5) is 28.4 Å². The lowest BCUT2D eigenvalue weighted by Crippen LogP contribution is -2.44. The van der Waals surface area contributed by atoms with Crippen LogP contribution in [0.1, 0.15) is 57.2 Å². The first-order valence-electron chi connectivity index (χ1n) is 23.5. The second-order valence-corrected chi connectivity index (χ2v) is 19.6. The van der Waals surface area contributed by atoms with Gasteiger partial charge >= 0.3 is 0 Å². The molecule has 1 N–H and O–H groups in total. The molecule has 66 heavy (non-hydrogen) atoms. The van der Waals surface area contributed by atoms with Gasteiger partial charge in [-0.05, 0) is 145 Å².